The minimum atomic E-state index is -0.260. The minimum Gasteiger partial charge on any atom is -0.268 e. The van der Waals surface area contributed by atoms with Crippen molar-refractivity contribution in [2.75, 3.05) is 0 Å². The van der Waals surface area contributed by atoms with Crippen molar-refractivity contribution in [3.8, 4) is 27.9 Å². The van der Waals surface area contributed by atoms with Gasteiger partial charge in [0.2, 0.25) is 0 Å². The van der Waals surface area contributed by atoms with E-state index in [-0.39, 0.29) is 21.9 Å². The van der Waals surface area contributed by atoms with Crippen molar-refractivity contribution >= 4 is 64.6 Å². The fourth-order valence-corrected chi connectivity index (χ4v) is 9.48. The first-order chi connectivity index (χ1) is 25.3. The second-order valence-electron chi connectivity index (χ2n) is 17.3. The molecule has 0 atom stereocenters. The van der Waals surface area contributed by atoms with Crippen molar-refractivity contribution in [3.63, 3.8) is 0 Å². The molecule has 0 bridgehead atoms. The van der Waals surface area contributed by atoms with Crippen LogP contribution in [0.4, 0.5) is 0 Å². The number of rotatable bonds is 3. The second kappa shape index (κ2) is 10.4. The number of aromatic nitrogens is 1. The molecule has 0 aliphatic heterocycles. The SMILES string of the molecule is Cc1ccc(-n2c(=O)c3c4cc(-c5ccccc5C(C)(C)C)c5ccc6ccc7c(-c8ccccc8C(C)(C)C)cc(c3c2=O)c2c7c6c5c42)cc1C. The highest BCUT2D eigenvalue weighted by atomic mass is 16.2. The molecule has 258 valence electrons. The maximum Gasteiger partial charge on any atom is 0.266 e. The molecule has 0 fully saturated rings. The van der Waals surface area contributed by atoms with Crippen molar-refractivity contribution in [2.24, 2.45) is 0 Å². The molecular weight excluding hydrogens is 647 g/mol. The van der Waals surface area contributed by atoms with Crippen molar-refractivity contribution in [3.05, 3.63) is 146 Å². The Morgan fingerprint density at radius 3 is 1.32 bits per heavy atom. The molecule has 1 heterocycles. The van der Waals surface area contributed by atoms with E-state index in [1.807, 2.05) is 25.1 Å². The minimum absolute atomic E-state index is 0.113. The van der Waals surface area contributed by atoms with Crippen LogP contribution in [0.15, 0.2) is 113 Å². The Labute approximate surface area is 308 Å². The number of hydrogen-bond donors (Lipinski definition) is 0. The molecule has 0 radical (unpaired) electrons. The Hall–Kier alpha value is -5.80. The van der Waals surface area contributed by atoms with E-state index in [9.17, 15) is 0 Å². The Kier molecular flexibility index (Phi) is 6.27. The van der Waals surface area contributed by atoms with E-state index < -0.39 is 0 Å². The van der Waals surface area contributed by atoms with E-state index in [0.29, 0.717) is 16.5 Å². The first-order valence-electron chi connectivity index (χ1n) is 18.7. The van der Waals surface area contributed by atoms with E-state index in [0.717, 1.165) is 54.9 Å². The molecule has 0 N–H and O–H groups in total. The largest absolute Gasteiger partial charge is 0.268 e. The summed E-state index contributed by atoms with van der Waals surface area (Å²) in [5.41, 5.74) is 9.01. The van der Waals surface area contributed by atoms with Gasteiger partial charge in [0.15, 0.2) is 0 Å². The molecule has 1 aromatic heterocycles. The van der Waals surface area contributed by atoms with Gasteiger partial charge < -0.3 is 0 Å². The van der Waals surface area contributed by atoms with E-state index in [1.54, 1.807) is 0 Å². The van der Waals surface area contributed by atoms with Crippen LogP contribution in [-0.4, -0.2) is 4.57 Å². The number of hydrogen-bond acceptors (Lipinski definition) is 2. The Balaban J connectivity index is 1.50. The van der Waals surface area contributed by atoms with E-state index in [2.05, 4.69) is 133 Å². The molecule has 53 heavy (non-hydrogen) atoms. The number of nitrogens with zero attached hydrogens (tertiary/aromatic N) is 1. The molecular formula is C50H41NO2. The van der Waals surface area contributed by atoms with Crippen molar-refractivity contribution in [2.45, 2.75) is 66.2 Å². The summed E-state index contributed by atoms with van der Waals surface area (Å²) in [6.07, 6.45) is 0. The van der Waals surface area contributed by atoms with Gasteiger partial charge in [-0.3, -0.25) is 9.59 Å². The molecule has 0 saturated carbocycles. The molecule has 10 aromatic rings. The average Bonchev–Trinajstić information content (AvgIpc) is 3.62. The zero-order chi connectivity index (χ0) is 36.9. The van der Waals surface area contributed by atoms with E-state index in [4.69, 9.17) is 0 Å². The summed E-state index contributed by atoms with van der Waals surface area (Å²) in [5, 5.41) is 12.0. The highest BCUT2D eigenvalue weighted by molar-refractivity contribution is 6.50. The highest BCUT2D eigenvalue weighted by Crippen LogP contribution is 2.54. The molecule has 0 aliphatic carbocycles. The summed E-state index contributed by atoms with van der Waals surface area (Å²) in [7, 11) is 0. The molecule has 0 aliphatic rings. The third-order valence-corrected chi connectivity index (χ3v) is 12.1. The smallest absolute Gasteiger partial charge is 0.266 e. The van der Waals surface area contributed by atoms with Crippen LogP contribution in [-0.2, 0) is 10.8 Å². The fourth-order valence-electron chi connectivity index (χ4n) is 9.48. The molecule has 3 heteroatoms. The summed E-state index contributed by atoms with van der Waals surface area (Å²) < 4.78 is 1.42. The zero-order valence-electron chi connectivity index (χ0n) is 31.6. The maximum absolute atomic E-state index is 15.1. The van der Waals surface area contributed by atoms with Crippen LogP contribution in [0.5, 0.6) is 0 Å². The van der Waals surface area contributed by atoms with Gasteiger partial charge in [0.05, 0.1) is 16.5 Å². The standard InChI is InChI=1S/C50H41NO2/c1-26-17-20-29(23-27(26)2)51-47(52)45-36-24-34(30-13-9-11-15-38(30)49(3,4)5)32-21-18-28-19-22-33-35(31-14-10-12-16-39(31)50(6,7)8)25-37(46(45)48(51)53)44-42(33)40(28)41(32)43(36)44/h9-25H,1-8H3. The zero-order valence-corrected chi connectivity index (χ0v) is 31.6. The monoisotopic (exact) mass is 687 g/mol. The van der Waals surface area contributed by atoms with Gasteiger partial charge in [-0.25, -0.2) is 4.57 Å². The molecule has 10 rings (SSSR count). The van der Waals surface area contributed by atoms with Gasteiger partial charge in [-0.15, -0.1) is 0 Å². The van der Waals surface area contributed by atoms with Crippen LogP contribution in [0.2, 0.25) is 0 Å². The molecule has 0 saturated heterocycles. The lowest BCUT2D eigenvalue weighted by Gasteiger charge is -2.24. The quantitative estimate of drug-likeness (QED) is 0.173. The first-order valence-corrected chi connectivity index (χ1v) is 18.7. The summed E-state index contributed by atoms with van der Waals surface area (Å²) in [4.78, 5) is 30.1. The normalized spacial score (nSPS) is 13.1. The average molecular weight is 688 g/mol. The van der Waals surface area contributed by atoms with Gasteiger partial charge in [-0.2, -0.15) is 0 Å². The van der Waals surface area contributed by atoms with Crippen LogP contribution >= 0.6 is 0 Å². The molecule has 0 amide bonds. The topological polar surface area (TPSA) is 39.1 Å². The Bertz CT molecular complexity index is 3050. The van der Waals surface area contributed by atoms with Crippen molar-refractivity contribution in [1.29, 1.82) is 0 Å². The van der Waals surface area contributed by atoms with Crippen molar-refractivity contribution in [1.82, 2.24) is 4.57 Å². The predicted molar refractivity (Wildman–Crippen MR) is 226 cm³/mol. The van der Waals surface area contributed by atoms with Crippen LogP contribution in [0.25, 0.3) is 92.6 Å². The number of benzene rings is 8. The fraction of sp³-hybridized carbons (Fsp3) is 0.200. The van der Waals surface area contributed by atoms with Gasteiger partial charge in [0, 0.05) is 0 Å². The number of fused-ring (bicyclic) bond motifs is 3. The van der Waals surface area contributed by atoms with E-state index in [1.165, 1.54) is 48.0 Å². The predicted octanol–water partition coefficient (Wildman–Crippen LogP) is 12.4. The summed E-state index contributed by atoms with van der Waals surface area (Å²) in [6, 6.07) is 36.7. The number of aryl methyl sites for hydroxylation is 2. The Morgan fingerprint density at radius 1 is 0.415 bits per heavy atom. The van der Waals surface area contributed by atoms with Gasteiger partial charge in [0.25, 0.3) is 11.1 Å². The van der Waals surface area contributed by atoms with Crippen LogP contribution in [0.1, 0.15) is 63.8 Å². The van der Waals surface area contributed by atoms with Gasteiger partial charge in [-0.05, 0) is 147 Å². The molecule has 0 unspecified atom stereocenters. The van der Waals surface area contributed by atoms with Crippen molar-refractivity contribution < 1.29 is 0 Å². The lowest BCUT2D eigenvalue weighted by Crippen LogP contribution is -2.23. The van der Waals surface area contributed by atoms with E-state index >= 15 is 9.59 Å². The second-order valence-corrected chi connectivity index (χ2v) is 17.3. The molecule has 0 spiro atoms. The van der Waals surface area contributed by atoms with Crippen LogP contribution < -0.4 is 11.1 Å². The van der Waals surface area contributed by atoms with Crippen LogP contribution in [0.3, 0.4) is 0 Å². The Morgan fingerprint density at radius 2 is 0.868 bits per heavy atom. The maximum atomic E-state index is 15.1. The lowest BCUT2D eigenvalue weighted by molar-refractivity contribution is 0.592. The van der Waals surface area contributed by atoms with Gasteiger partial charge in [0.1, 0.15) is 0 Å². The van der Waals surface area contributed by atoms with Gasteiger partial charge >= 0.3 is 0 Å². The van der Waals surface area contributed by atoms with Gasteiger partial charge in [-0.1, -0.05) is 120 Å². The van der Waals surface area contributed by atoms with Crippen LogP contribution in [0, 0.1) is 13.8 Å². The molecule has 3 nitrogen and oxygen atoms in total. The highest BCUT2D eigenvalue weighted by Gasteiger charge is 2.31. The third-order valence-electron chi connectivity index (χ3n) is 12.1. The first kappa shape index (κ1) is 31.9. The lowest BCUT2D eigenvalue weighted by atomic mass is 9.80. The summed E-state index contributed by atoms with van der Waals surface area (Å²) >= 11 is 0. The summed E-state index contributed by atoms with van der Waals surface area (Å²) in [6.45, 7) is 17.6. The summed E-state index contributed by atoms with van der Waals surface area (Å²) in [5.74, 6) is 0. The third kappa shape index (κ3) is 4.17. The molecule has 9 aromatic carbocycles.